The minimum Gasteiger partial charge on any atom is -0.392 e. The van der Waals surface area contributed by atoms with Crippen molar-refractivity contribution in [3.63, 3.8) is 0 Å². The van der Waals surface area contributed by atoms with Gasteiger partial charge in [0.2, 0.25) is 0 Å². The Bertz CT molecular complexity index is 497. The molecule has 0 bridgehead atoms. The van der Waals surface area contributed by atoms with Gasteiger partial charge < -0.3 is 21.0 Å². The van der Waals surface area contributed by atoms with Gasteiger partial charge in [-0.3, -0.25) is 4.79 Å². The van der Waals surface area contributed by atoms with E-state index in [1.807, 2.05) is 12.1 Å². The zero-order valence-corrected chi connectivity index (χ0v) is 11.7. The minimum atomic E-state index is -0.262. The number of carbonyl (C=O) groups excluding carboxylic acids is 1. The lowest BCUT2D eigenvalue weighted by Crippen LogP contribution is -2.38. The molecular formula is C13H20N6O. The van der Waals surface area contributed by atoms with Gasteiger partial charge in [0.1, 0.15) is 17.3 Å². The molecule has 1 aromatic heterocycles. The summed E-state index contributed by atoms with van der Waals surface area (Å²) in [7, 11) is 3.42. The number of amides is 1. The van der Waals surface area contributed by atoms with Crippen LogP contribution in [0.5, 0.6) is 0 Å². The van der Waals surface area contributed by atoms with E-state index in [2.05, 4.69) is 31.4 Å². The van der Waals surface area contributed by atoms with Crippen LogP contribution in [0.25, 0.3) is 0 Å². The van der Waals surface area contributed by atoms with Gasteiger partial charge in [0.15, 0.2) is 0 Å². The molecule has 1 amide bonds. The highest BCUT2D eigenvalue weighted by atomic mass is 16.2. The number of hydrogen-bond donors (Lipinski definition) is 4. The quantitative estimate of drug-likeness (QED) is 0.433. The summed E-state index contributed by atoms with van der Waals surface area (Å²) >= 11 is 0. The van der Waals surface area contributed by atoms with Crippen LogP contribution in [0.15, 0.2) is 30.1 Å². The first kappa shape index (κ1) is 14.1. The second kappa shape index (κ2) is 6.76. The molecule has 0 atom stereocenters. The van der Waals surface area contributed by atoms with Gasteiger partial charge in [0.25, 0.3) is 5.91 Å². The Labute approximate surface area is 118 Å². The number of pyridine rings is 1. The van der Waals surface area contributed by atoms with Crippen LogP contribution in [0.2, 0.25) is 0 Å². The highest BCUT2D eigenvalue weighted by molar-refractivity contribution is 6.02. The third kappa shape index (κ3) is 3.39. The van der Waals surface area contributed by atoms with Crippen molar-refractivity contribution < 1.29 is 4.79 Å². The van der Waals surface area contributed by atoms with Gasteiger partial charge in [-0.15, -0.1) is 0 Å². The zero-order valence-electron chi connectivity index (χ0n) is 11.7. The molecule has 1 aliphatic rings. The zero-order chi connectivity index (χ0) is 14.4. The molecule has 0 spiro atoms. The van der Waals surface area contributed by atoms with E-state index in [-0.39, 0.29) is 5.91 Å². The first-order chi connectivity index (χ1) is 9.74. The molecule has 4 N–H and O–H groups in total. The lowest BCUT2D eigenvalue weighted by Gasteiger charge is -2.32. The van der Waals surface area contributed by atoms with Crippen molar-refractivity contribution in [3.8, 4) is 0 Å². The van der Waals surface area contributed by atoms with Crippen LogP contribution in [0.1, 0.15) is 6.42 Å². The fourth-order valence-corrected chi connectivity index (χ4v) is 1.84. The van der Waals surface area contributed by atoms with Crippen LogP contribution in [0.3, 0.4) is 0 Å². The van der Waals surface area contributed by atoms with Crippen molar-refractivity contribution in [2.75, 3.05) is 37.4 Å². The van der Waals surface area contributed by atoms with Crippen molar-refractivity contribution in [2.24, 2.45) is 0 Å². The Morgan fingerprint density at radius 3 is 2.75 bits per heavy atom. The van der Waals surface area contributed by atoms with Gasteiger partial charge in [-0.1, -0.05) is 6.07 Å². The van der Waals surface area contributed by atoms with Gasteiger partial charge >= 0.3 is 0 Å². The van der Waals surface area contributed by atoms with Gasteiger partial charge in [0, 0.05) is 33.4 Å². The monoisotopic (exact) mass is 276 g/mol. The molecule has 0 aliphatic carbocycles. The lowest BCUT2D eigenvalue weighted by molar-refractivity contribution is -0.113. The fraction of sp³-hybridized carbons (Fsp3) is 0.385. The summed E-state index contributed by atoms with van der Waals surface area (Å²) in [6, 6.07) is 5.62. The van der Waals surface area contributed by atoms with E-state index in [0.29, 0.717) is 11.5 Å². The van der Waals surface area contributed by atoms with Crippen molar-refractivity contribution in [1.29, 1.82) is 0 Å². The van der Waals surface area contributed by atoms with Crippen LogP contribution in [0.4, 0.5) is 11.6 Å². The van der Waals surface area contributed by atoms with Gasteiger partial charge in [-0.25, -0.2) is 10.4 Å². The van der Waals surface area contributed by atoms with E-state index >= 15 is 0 Å². The van der Waals surface area contributed by atoms with E-state index < -0.39 is 0 Å². The van der Waals surface area contributed by atoms with E-state index in [4.69, 9.17) is 0 Å². The molecule has 2 heterocycles. The summed E-state index contributed by atoms with van der Waals surface area (Å²) in [5.74, 6) is 1.18. The number of hydrogen-bond acceptors (Lipinski definition) is 6. The molecular weight excluding hydrogens is 256 g/mol. The summed E-state index contributed by atoms with van der Waals surface area (Å²) < 4.78 is 0. The summed E-state index contributed by atoms with van der Waals surface area (Å²) in [5, 5.41) is 5.58. The molecule has 7 heteroatoms. The SMILES string of the molecule is CN/C=C(\NNC)C(=O)Nc1cccc(N2CCC2)n1. The highest BCUT2D eigenvalue weighted by Crippen LogP contribution is 2.19. The van der Waals surface area contributed by atoms with Crippen molar-refractivity contribution in [2.45, 2.75) is 6.42 Å². The van der Waals surface area contributed by atoms with Gasteiger partial charge in [-0.2, -0.15) is 0 Å². The number of rotatable bonds is 6. The Hall–Kier alpha value is -2.28. The summed E-state index contributed by atoms with van der Waals surface area (Å²) in [4.78, 5) is 18.7. The van der Waals surface area contributed by atoms with Crippen molar-refractivity contribution >= 4 is 17.5 Å². The second-order valence-electron chi connectivity index (χ2n) is 4.40. The summed E-state index contributed by atoms with van der Waals surface area (Å²) in [6.45, 7) is 2.05. The van der Waals surface area contributed by atoms with Crippen LogP contribution >= 0.6 is 0 Å². The maximum atomic E-state index is 12.1. The molecule has 1 fully saturated rings. The first-order valence-electron chi connectivity index (χ1n) is 6.58. The number of nitrogens with zero attached hydrogens (tertiary/aromatic N) is 2. The standard InChI is InChI=1S/C13H20N6O/c1-14-9-10(18-15-2)13(20)17-11-5-3-6-12(16-11)19-7-4-8-19/h3,5-6,9,14-15,18H,4,7-8H2,1-2H3,(H,16,17,20)/b10-9-. The maximum absolute atomic E-state index is 12.1. The topological polar surface area (TPSA) is 81.3 Å². The van der Waals surface area contributed by atoms with E-state index in [1.165, 1.54) is 6.42 Å². The lowest BCUT2D eigenvalue weighted by atomic mass is 10.2. The predicted molar refractivity (Wildman–Crippen MR) is 79.0 cm³/mol. The Morgan fingerprint density at radius 2 is 2.15 bits per heavy atom. The molecule has 108 valence electrons. The molecule has 0 radical (unpaired) electrons. The fourth-order valence-electron chi connectivity index (χ4n) is 1.84. The van der Waals surface area contributed by atoms with E-state index in [9.17, 15) is 4.79 Å². The van der Waals surface area contributed by atoms with Crippen LogP contribution in [0, 0.1) is 0 Å². The van der Waals surface area contributed by atoms with Crippen molar-refractivity contribution in [1.82, 2.24) is 21.2 Å². The molecule has 2 rings (SSSR count). The van der Waals surface area contributed by atoms with Crippen molar-refractivity contribution in [3.05, 3.63) is 30.1 Å². The molecule has 1 saturated heterocycles. The van der Waals surface area contributed by atoms with Crippen LogP contribution < -0.4 is 26.4 Å². The smallest absolute Gasteiger partial charge is 0.275 e. The Kier molecular flexibility index (Phi) is 4.78. The number of anilines is 2. The third-order valence-electron chi connectivity index (χ3n) is 2.95. The number of aromatic nitrogens is 1. The number of hydrazine groups is 1. The third-order valence-corrected chi connectivity index (χ3v) is 2.95. The molecule has 1 aromatic rings. The number of nitrogens with one attached hydrogen (secondary N) is 4. The van der Waals surface area contributed by atoms with E-state index in [0.717, 1.165) is 18.9 Å². The first-order valence-corrected chi connectivity index (χ1v) is 6.58. The minimum absolute atomic E-state index is 0.262. The van der Waals surface area contributed by atoms with Gasteiger partial charge in [0.05, 0.1) is 0 Å². The molecule has 0 saturated carbocycles. The average molecular weight is 276 g/mol. The Balaban J connectivity index is 2.04. The normalized spacial score (nSPS) is 14.5. The molecule has 0 unspecified atom stereocenters. The molecule has 20 heavy (non-hydrogen) atoms. The summed E-state index contributed by atoms with van der Waals surface area (Å²) in [5.41, 5.74) is 5.86. The molecule has 0 aromatic carbocycles. The van der Waals surface area contributed by atoms with Gasteiger partial charge in [-0.05, 0) is 18.6 Å². The maximum Gasteiger partial charge on any atom is 0.275 e. The predicted octanol–water partition coefficient (Wildman–Crippen LogP) is 0.0150. The van der Waals surface area contributed by atoms with E-state index in [1.54, 1.807) is 26.4 Å². The largest absolute Gasteiger partial charge is 0.392 e. The van der Waals surface area contributed by atoms with Crippen LogP contribution in [-0.2, 0) is 4.79 Å². The highest BCUT2D eigenvalue weighted by Gasteiger charge is 2.16. The Morgan fingerprint density at radius 1 is 1.35 bits per heavy atom. The average Bonchev–Trinajstić information content (AvgIpc) is 2.37. The summed E-state index contributed by atoms with van der Waals surface area (Å²) in [6.07, 6.45) is 2.77. The number of carbonyl (C=O) groups is 1. The van der Waals surface area contributed by atoms with Crippen LogP contribution in [-0.4, -0.2) is 38.1 Å². The molecule has 1 aliphatic heterocycles. The molecule has 7 nitrogen and oxygen atoms in total. The second-order valence-corrected chi connectivity index (χ2v) is 4.40.